The van der Waals surface area contributed by atoms with Gasteiger partial charge in [-0.25, -0.2) is 0 Å². The predicted molar refractivity (Wildman–Crippen MR) is 92.7 cm³/mol. The highest BCUT2D eigenvalue weighted by Gasteiger charge is 2.29. The molecule has 2 rings (SSSR count). The van der Waals surface area contributed by atoms with E-state index < -0.39 is 0 Å². The van der Waals surface area contributed by atoms with Crippen LogP contribution in [-0.2, 0) is 9.59 Å². The van der Waals surface area contributed by atoms with Gasteiger partial charge in [-0.2, -0.15) is 0 Å². The molecule has 1 saturated carbocycles. The normalized spacial score (nSPS) is 13.5. The summed E-state index contributed by atoms with van der Waals surface area (Å²) in [6, 6.07) is 6.83. The summed E-state index contributed by atoms with van der Waals surface area (Å²) in [5, 5.41) is 5.62. The Morgan fingerprint density at radius 3 is 2.29 bits per heavy atom. The third kappa shape index (κ3) is 5.08. The lowest BCUT2D eigenvalue weighted by atomic mass is 10.1. The van der Waals surface area contributed by atoms with Crippen molar-refractivity contribution in [3.05, 3.63) is 29.8 Å². The van der Waals surface area contributed by atoms with Gasteiger partial charge in [0.1, 0.15) is 0 Å². The first-order valence-corrected chi connectivity index (χ1v) is 8.40. The van der Waals surface area contributed by atoms with Gasteiger partial charge in [0, 0.05) is 29.8 Å². The first-order valence-electron chi connectivity index (χ1n) is 8.40. The fourth-order valence-corrected chi connectivity index (χ4v) is 2.34. The number of nitrogens with one attached hydrogen (secondary N) is 2. The fraction of sp³-hybridized carbons (Fsp3) is 0.500. The maximum Gasteiger partial charge on any atom is 0.254 e. The second kappa shape index (κ2) is 7.95. The van der Waals surface area contributed by atoms with E-state index in [0.717, 1.165) is 12.8 Å². The molecule has 1 aromatic carbocycles. The summed E-state index contributed by atoms with van der Waals surface area (Å²) in [7, 11) is 0. The minimum absolute atomic E-state index is 0.0354. The quantitative estimate of drug-likeness (QED) is 0.802. The summed E-state index contributed by atoms with van der Waals surface area (Å²) in [4.78, 5) is 37.6. The third-order valence-electron chi connectivity index (χ3n) is 3.80. The van der Waals surface area contributed by atoms with Gasteiger partial charge >= 0.3 is 0 Å². The molecule has 0 bridgehead atoms. The van der Waals surface area contributed by atoms with Crippen LogP contribution in [-0.4, -0.2) is 41.8 Å². The van der Waals surface area contributed by atoms with E-state index in [-0.39, 0.29) is 36.2 Å². The lowest BCUT2D eigenvalue weighted by Gasteiger charge is -2.21. The molecule has 2 N–H and O–H groups in total. The summed E-state index contributed by atoms with van der Waals surface area (Å²) in [6.07, 6.45) is 1.90. The van der Waals surface area contributed by atoms with Crippen LogP contribution in [0.4, 0.5) is 5.69 Å². The molecule has 6 nitrogen and oxygen atoms in total. The summed E-state index contributed by atoms with van der Waals surface area (Å²) in [5.74, 6) is -0.194. The smallest absolute Gasteiger partial charge is 0.254 e. The van der Waals surface area contributed by atoms with Crippen LogP contribution in [0.25, 0.3) is 0 Å². The molecular weight excluding hydrogens is 306 g/mol. The molecule has 0 atom stereocenters. The number of hydrogen-bond donors (Lipinski definition) is 2. The molecular formula is C18H25N3O3. The van der Waals surface area contributed by atoms with Crippen molar-refractivity contribution in [3.8, 4) is 0 Å². The van der Waals surface area contributed by atoms with Gasteiger partial charge in [0.25, 0.3) is 5.91 Å². The molecule has 0 spiro atoms. The Morgan fingerprint density at radius 2 is 1.79 bits per heavy atom. The number of likely N-dealkylation sites (N-methyl/N-ethyl adjacent to an activating group) is 1. The van der Waals surface area contributed by atoms with E-state index in [2.05, 4.69) is 10.6 Å². The first-order chi connectivity index (χ1) is 11.4. The third-order valence-corrected chi connectivity index (χ3v) is 3.80. The molecule has 0 radical (unpaired) electrons. The van der Waals surface area contributed by atoms with Crippen molar-refractivity contribution in [3.63, 3.8) is 0 Å². The van der Waals surface area contributed by atoms with Crippen molar-refractivity contribution in [2.45, 2.75) is 39.7 Å². The van der Waals surface area contributed by atoms with E-state index in [4.69, 9.17) is 0 Å². The van der Waals surface area contributed by atoms with Crippen molar-refractivity contribution >= 4 is 23.4 Å². The van der Waals surface area contributed by atoms with Gasteiger partial charge in [0.05, 0.1) is 6.54 Å². The van der Waals surface area contributed by atoms with E-state index in [1.54, 1.807) is 24.3 Å². The van der Waals surface area contributed by atoms with Crippen molar-refractivity contribution in [1.82, 2.24) is 10.2 Å². The van der Waals surface area contributed by atoms with E-state index in [9.17, 15) is 14.4 Å². The maximum absolute atomic E-state index is 12.5. The van der Waals surface area contributed by atoms with Gasteiger partial charge < -0.3 is 15.5 Å². The van der Waals surface area contributed by atoms with Gasteiger partial charge in [-0.05, 0) is 57.9 Å². The predicted octanol–water partition coefficient (Wildman–Crippen LogP) is 2.02. The molecule has 0 aromatic heterocycles. The highest BCUT2D eigenvalue weighted by atomic mass is 16.2. The van der Waals surface area contributed by atoms with Crippen molar-refractivity contribution in [1.29, 1.82) is 0 Å². The Labute approximate surface area is 142 Å². The standard InChI is InChI=1S/C18H25N3O3/c1-4-21(11-16(22)19-12(2)3)18(24)14-7-9-15(10-8-14)20-17(23)13-5-6-13/h7-10,12-13H,4-6,11H2,1-3H3,(H,19,22)(H,20,23). The fourth-order valence-electron chi connectivity index (χ4n) is 2.34. The van der Waals surface area contributed by atoms with Gasteiger partial charge in [-0.1, -0.05) is 0 Å². The van der Waals surface area contributed by atoms with Crippen LogP contribution in [0.3, 0.4) is 0 Å². The van der Waals surface area contributed by atoms with E-state index in [1.807, 2.05) is 20.8 Å². The highest BCUT2D eigenvalue weighted by molar-refractivity contribution is 5.98. The summed E-state index contributed by atoms with van der Waals surface area (Å²) in [6.45, 7) is 6.08. The topological polar surface area (TPSA) is 78.5 Å². The highest BCUT2D eigenvalue weighted by Crippen LogP contribution is 2.30. The van der Waals surface area contributed by atoms with Gasteiger partial charge in [-0.15, -0.1) is 0 Å². The Morgan fingerprint density at radius 1 is 1.17 bits per heavy atom. The molecule has 24 heavy (non-hydrogen) atoms. The van der Waals surface area contributed by atoms with Crippen LogP contribution in [0.1, 0.15) is 44.0 Å². The summed E-state index contributed by atoms with van der Waals surface area (Å²) < 4.78 is 0. The molecule has 3 amide bonds. The lowest BCUT2D eigenvalue weighted by molar-refractivity contribution is -0.122. The second-order valence-corrected chi connectivity index (χ2v) is 6.38. The molecule has 1 aliphatic rings. The molecule has 6 heteroatoms. The van der Waals surface area contributed by atoms with Gasteiger partial charge in [0.15, 0.2) is 0 Å². The molecule has 0 saturated heterocycles. The molecule has 130 valence electrons. The monoisotopic (exact) mass is 331 g/mol. The van der Waals surface area contributed by atoms with Crippen molar-refractivity contribution in [2.24, 2.45) is 5.92 Å². The van der Waals surface area contributed by atoms with Gasteiger partial charge in [0.2, 0.25) is 11.8 Å². The first kappa shape index (κ1) is 18.0. The average Bonchev–Trinajstić information content (AvgIpc) is 3.37. The van der Waals surface area contributed by atoms with Crippen LogP contribution in [0, 0.1) is 5.92 Å². The van der Waals surface area contributed by atoms with Gasteiger partial charge in [-0.3, -0.25) is 14.4 Å². The van der Waals surface area contributed by atoms with Crippen molar-refractivity contribution < 1.29 is 14.4 Å². The zero-order chi connectivity index (χ0) is 17.7. The number of amides is 3. The molecule has 0 aliphatic heterocycles. The lowest BCUT2D eigenvalue weighted by Crippen LogP contribution is -2.42. The number of nitrogens with zero attached hydrogens (tertiary/aromatic N) is 1. The minimum atomic E-state index is -0.198. The number of carbonyl (C=O) groups is 3. The Kier molecular flexibility index (Phi) is 5.95. The molecule has 1 aliphatic carbocycles. The maximum atomic E-state index is 12.5. The number of hydrogen-bond acceptors (Lipinski definition) is 3. The average molecular weight is 331 g/mol. The Hall–Kier alpha value is -2.37. The summed E-state index contributed by atoms with van der Waals surface area (Å²) >= 11 is 0. The number of benzene rings is 1. The van der Waals surface area contributed by atoms with E-state index in [1.165, 1.54) is 4.90 Å². The van der Waals surface area contributed by atoms with Crippen LogP contribution < -0.4 is 10.6 Å². The summed E-state index contributed by atoms with van der Waals surface area (Å²) in [5.41, 5.74) is 1.18. The molecule has 0 unspecified atom stereocenters. The van der Waals surface area contributed by atoms with Crippen LogP contribution >= 0.6 is 0 Å². The van der Waals surface area contributed by atoms with E-state index in [0.29, 0.717) is 17.8 Å². The zero-order valence-electron chi connectivity index (χ0n) is 14.5. The van der Waals surface area contributed by atoms with Crippen LogP contribution in [0.15, 0.2) is 24.3 Å². The minimum Gasteiger partial charge on any atom is -0.352 e. The molecule has 0 heterocycles. The Bertz CT molecular complexity index is 606. The zero-order valence-corrected chi connectivity index (χ0v) is 14.5. The SMILES string of the molecule is CCN(CC(=O)NC(C)C)C(=O)c1ccc(NC(=O)C2CC2)cc1. The van der Waals surface area contributed by atoms with Crippen LogP contribution in [0.5, 0.6) is 0 Å². The van der Waals surface area contributed by atoms with Crippen LogP contribution in [0.2, 0.25) is 0 Å². The molecule has 1 fully saturated rings. The number of rotatable bonds is 7. The largest absolute Gasteiger partial charge is 0.352 e. The number of anilines is 1. The Balaban J connectivity index is 1.96. The second-order valence-electron chi connectivity index (χ2n) is 6.38. The van der Waals surface area contributed by atoms with E-state index >= 15 is 0 Å². The number of carbonyl (C=O) groups excluding carboxylic acids is 3. The molecule has 1 aromatic rings. The van der Waals surface area contributed by atoms with Crippen molar-refractivity contribution in [2.75, 3.05) is 18.4 Å².